The maximum atomic E-state index is 12.6. The van der Waals surface area contributed by atoms with Gasteiger partial charge in [-0.25, -0.2) is 0 Å². The van der Waals surface area contributed by atoms with Gasteiger partial charge in [-0.05, 0) is 18.6 Å². The standard InChI is InChI=1S/C12H15F3N4/c1-2-3-19(7-12(13,14)15)11-5-10-8(4-9(11)16)6-17-18-10/h4-6H,2-3,7,16H2,1H3,(H,17,18). The first-order valence-electron chi connectivity index (χ1n) is 5.95. The van der Waals surface area contributed by atoms with E-state index in [-0.39, 0.29) is 0 Å². The van der Waals surface area contributed by atoms with Crippen molar-refractivity contribution >= 4 is 22.3 Å². The number of fused-ring (bicyclic) bond motifs is 1. The van der Waals surface area contributed by atoms with Crippen molar-refractivity contribution in [3.05, 3.63) is 18.3 Å². The molecule has 1 aromatic carbocycles. The first-order chi connectivity index (χ1) is 8.90. The molecule has 0 aliphatic heterocycles. The Hall–Kier alpha value is -1.92. The second-order valence-electron chi connectivity index (χ2n) is 4.41. The number of aromatic amines is 1. The van der Waals surface area contributed by atoms with E-state index in [9.17, 15) is 13.2 Å². The molecule has 7 heteroatoms. The summed E-state index contributed by atoms with van der Waals surface area (Å²) >= 11 is 0. The summed E-state index contributed by atoms with van der Waals surface area (Å²) in [4.78, 5) is 1.25. The van der Waals surface area contributed by atoms with Gasteiger partial charge in [-0.1, -0.05) is 6.92 Å². The number of nitrogens with two attached hydrogens (primary N) is 1. The minimum absolute atomic E-state index is 0.295. The Labute approximate surface area is 108 Å². The van der Waals surface area contributed by atoms with Crippen molar-refractivity contribution in [1.29, 1.82) is 0 Å². The quantitative estimate of drug-likeness (QED) is 0.841. The van der Waals surface area contributed by atoms with Crippen LogP contribution in [0, 0.1) is 0 Å². The van der Waals surface area contributed by atoms with E-state index in [0.29, 0.717) is 29.9 Å². The van der Waals surface area contributed by atoms with Gasteiger partial charge in [0.15, 0.2) is 0 Å². The zero-order valence-corrected chi connectivity index (χ0v) is 10.5. The molecule has 1 heterocycles. The van der Waals surface area contributed by atoms with Crippen LogP contribution in [0.3, 0.4) is 0 Å². The third kappa shape index (κ3) is 3.10. The lowest BCUT2D eigenvalue weighted by Gasteiger charge is -2.26. The molecule has 0 saturated carbocycles. The monoisotopic (exact) mass is 272 g/mol. The maximum Gasteiger partial charge on any atom is 0.405 e. The average Bonchev–Trinajstić information content (AvgIpc) is 2.72. The average molecular weight is 272 g/mol. The third-order valence-corrected chi connectivity index (χ3v) is 2.79. The fourth-order valence-electron chi connectivity index (χ4n) is 2.04. The van der Waals surface area contributed by atoms with Crippen molar-refractivity contribution < 1.29 is 13.2 Å². The molecule has 19 heavy (non-hydrogen) atoms. The predicted octanol–water partition coefficient (Wildman–Crippen LogP) is 2.92. The molecule has 0 radical (unpaired) electrons. The Balaban J connectivity index is 2.39. The normalized spacial score (nSPS) is 12.0. The molecule has 0 saturated heterocycles. The maximum absolute atomic E-state index is 12.6. The van der Waals surface area contributed by atoms with E-state index >= 15 is 0 Å². The Morgan fingerprint density at radius 1 is 1.37 bits per heavy atom. The number of benzene rings is 1. The summed E-state index contributed by atoms with van der Waals surface area (Å²) in [6.45, 7) is 1.11. The van der Waals surface area contributed by atoms with Gasteiger partial charge < -0.3 is 10.6 Å². The van der Waals surface area contributed by atoms with E-state index in [1.807, 2.05) is 6.92 Å². The molecule has 0 amide bonds. The number of aromatic nitrogens is 2. The highest BCUT2D eigenvalue weighted by Gasteiger charge is 2.31. The van der Waals surface area contributed by atoms with E-state index in [2.05, 4.69) is 10.2 Å². The number of hydrogen-bond donors (Lipinski definition) is 2. The van der Waals surface area contributed by atoms with Gasteiger partial charge in [0, 0.05) is 11.9 Å². The first-order valence-corrected chi connectivity index (χ1v) is 5.95. The van der Waals surface area contributed by atoms with Crippen molar-refractivity contribution in [2.75, 3.05) is 23.7 Å². The Morgan fingerprint density at radius 3 is 2.74 bits per heavy atom. The highest BCUT2D eigenvalue weighted by Crippen LogP contribution is 2.30. The van der Waals surface area contributed by atoms with Gasteiger partial charge in [0.2, 0.25) is 0 Å². The molecule has 1 aromatic heterocycles. The second-order valence-corrected chi connectivity index (χ2v) is 4.41. The van der Waals surface area contributed by atoms with Crippen LogP contribution < -0.4 is 10.6 Å². The molecular weight excluding hydrogens is 257 g/mol. The van der Waals surface area contributed by atoms with Crippen LogP contribution in [0.2, 0.25) is 0 Å². The molecule has 4 nitrogen and oxygen atoms in total. The summed E-state index contributed by atoms with van der Waals surface area (Å²) in [6, 6.07) is 3.24. The Kier molecular flexibility index (Phi) is 3.55. The molecule has 0 atom stereocenters. The zero-order valence-electron chi connectivity index (χ0n) is 10.5. The SMILES string of the molecule is CCCN(CC(F)(F)F)c1cc2[nH]ncc2cc1N. The second kappa shape index (κ2) is 4.99. The summed E-state index contributed by atoms with van der Waals surface area (Å²) in [5.41, 5.74) is 7.23. The van der Waals surface area contributed by atoms with Crippen molar-refractivity contribution in [3.63, 3.8) is 0 Å². The number of alkyl halides is 3. The van der Waals surface area contributed by atoms with Crippen LogP contribution in [0.1, 0.15) is 13.3 Å². The van der Waals surface area contributed by atoms with Gasteiger partial charge >= 0.3 is 6.18 Å². The molecule has 0 bridgehead atoms. The van der Waals surface area contributed by atoms with Crippen LogP contribution in [0.5, 0.6) is 0 Å². The van der Waals surface area contributed by atoms with Gasteiger partial charge in [-0.2, -0.15) is 18.3 Å². The number of hydrogen-bond acceptors (Lipinski definition) is 3. The number of H-pyrrole nitrogens is 1. The van der Waals surface area contributed by atoms with Crippen LogP contribution in [-0.4, -0.2) is 29.5 Å². The Morgan fingerprint density at radius 2 is 2.11 bits per heavy atom. The zero-order chi connectivity index (χ0) is 14.0. The number of halogens is 3. The smallest absolute Gasteiger partial charge is 0.397 e. The van der Waals surface area contributed by atoms with Crippen molar-refractivity contribution in [3.8, 4) is 0 Å². The Bertz CT molecular complexity index is 562. The topological polar surface area (TPSA) is 57.9 Å². The summed E-state index contributed by atoms with van der Waals surface area (Å²) < 4.78 is 37.8. The van der Waals surface area contributed by atoms with E-state index in [0.717, 1.165) is 5.39 Å². The molecule has 0 aliphatic rings. The number of nitrogens with zero attached hydrogens (tertiary/aromatic N) is 2. The predicted molar refractivity (Wildman–Crippen MR) is 69.1 cm³/mol. The van der Waals surface area contributed by atoms with E-state index in [1.54, 1.807) is 18.3 Å². The van der Waals surface area contributed by atoms with Crippen LogP contribution in [0.4, 0.5) is 24.5 Å². The van der Waals surface area contributed by atoms with E-state index in [1.165, 1.54) is 4.90 Å². The fourth-order valence-corrected chi connectivity index (χ4v) is 2.04. The molecule has 2 rings (SSSR count). The first kappa shape index (κ1) is 13.5. The van der Waals surface area contributed by atoms with Crippen LogP contribution in [0.15, 0.2) is 18.3 Å². The number of nitrogen functional groups attached to an aromatic ring is 1. The molecular formula is C12H15F3N4. The number of rotatable bonds is 4. The summed E-state index contributed by atoms with van der Waals surface area (Å²) in [5, 5.41) is 7.36. The number of nitrogens with one attached hydrogen (secondary N) is 1. The molecule has 2 aromatic rings. The molecule has 104 valence electrons. The molecule has 0 fully saturated rings. The minimum Gasteiger partial charge on any atom is -0.397 e. The lowest BCUT2D eigenvalue weighted by Crippen LogP contribution is -2.35. The van der Waals surface area contributed by atoms with E-state index in [4.69, 9.17) is 5.73 Å². The highest BCUT2D eigenvalue weighted by atomic mass is 19.4. The summed E-state index contributed by atoms with van der Waals surface area (Å²) in [5.74, 6) is 0. The summed E-state index contributed by atoms with van der Waals surface area (Å²) in [6.07, 6.45) is -2.07. The van der Waals surface area contributed by atoms with Crippen molar-refractivity contribution in [1.82, 2.24) is 10.2 Å². The summed E-state index contributed by atoms with van der Waals surface area (Å²) in [7, 11) is 0. The molecule has 0 aliphatic carbocycles. The van der Waals surface area contributed by atoms with Crippen molar-refractivity contribution in [2.45, 2.75) is 19.5 Å². The van der Waals surface area contributed by atoms with Crippen LogP contribution >= 0.6 is 0 Å². The third-order valence-electron chi connectivity index (χ3n) is 2.79. The van der Waals surface area contributed by atoms with Crippen LogP contribution in [-0.2, 0) is 0 Å². The van der Waals surface area contributed by atoms with Crippen LogP contribution in [0.25, 0.3) is 10.9 Å². The molecule has 0 spiro atoms. The number of anilines is 2. The molecule has 3 N–H and O–H groups in total. The largest absolute Gasteiger partial charge is 0.405 e. The minimum atomic E-state index is -4.26. The van der Waals surface area contributed by atoms with Gasteiger partial charge in [0.1, 0.15) is 6.54 Å². The lowest BCUT2D eigenvalue weighted by atomic mass is 10.2. The fraction of sp³-hybridized carbons (Fsp3) is 0.417. The van der Waals surface area contributed by atoms with Gasteiger partial charge in [0.05, 0.1) is 23.1 Å². The van der Waals surface area contributed by atoms with Gasteiger partial charge in [-0.15, -0.1) is 0 Å². The highest BCUT2D eigenvalue weighted by molar-refractivity contribution is 5.88. The van der Waals surface area contributed by atoms with Gasteiger partial charge in [-0.3, -0.25) is 5.10 Å². The van der Waals surface area contributed by atoms with Crippen molar-refractivity contribution in [2.24, 2.45) is 0 Å². The lowest BCUT2D eigenvalue weighted by molar-refractivity contribution is -0.119. The van der Waals surface area contributed by atoms with E-state index < -0.39 is 12.7 Å². The molecule has 0 unspecified atom stereocenters. The van der Waals surface area contributed by atoms with Gasteiger partial charge in [0.25, 0.3) is 0 Å².